The molecule has 3 aromatic carbocycles. The molecule has 1 aliphatic rings. The van der Waals surface area contributed by atoms with Gasteiger partial charge in [-0.3, -0.25) is 0 Å². The topological polar surface area (TPSA) is 75.6 Å². The highest BCUT2D eigenvalue weighted by Crippen LogP contribution is 2.44. The Morgan fingerprint density at radius 2 is 1.34 bits per heavy atom. The van der Waals surface area contributed by atoms with Crippen molar-refractivity contribution in [1.29, 1.82) is 0 Å². The van der Waals surface area contributed by atoms with E-state index < -0.39 is 23.0 Å². The zero-order valence-corrected chi connectivity index (χ0v) is 18.5. The van der Waals surface area contributed by atoms with Crippen molar-refractivity contribution in [2.45, 2.75) is 37.6 Å². The molecule has 32 heavy (non-hydrogen) atoms. The van der Waals surface area contributed by atoms with Crippen molar-refractivity contribution in [2.24, 2.45) is 0 Å². The lowest BCUT2D eigenvalue weighted by atomic mass is 9.68. The van der Waals surface area contributed by atoms with Gasteiger partial charge in [-0.1, -0.05) is 92.7 Å². The minimum Gasteiger partial charge on any atom is -0.479 e. The van der Waals surface area contributed by atoms with E-state index in [0.717, 1.165) is 27.8 Å². The van der Waals surface area contributed by atoms with Crippen LogP contribution in [0.2, 0.25) is 0 Å². The summed E-state index contributed by atoms with van der Waals surface area (Å²) in [4.78, 5) is 25.1. The number of hydrogen-bond donors (Lipinski definition) is 2. The number of carbonyl (C=O) groups excluding carboxylic acids is 1. The lowest BCUT2D eigenvalue weighted by Gasteiger charge is -2.41. The molecule has 1 atom stereocenters. The third-order valence-corrected chi connectivity index (χ3v) is 6.87. The summed E-state index contributed by atoms with van der Waals surface area (Å²) in [6.07, 6.45) is -0.749. The van der Waals surface area contributed by atoms with E-state index in [-0.39, 0.29) is 12.5 Å². The highest BCUT2D eigenvalue weighted by atomic mass is 16.5. The second kappa shape index (κ2) is 8.15. The van der Waals surface area contributed by atoms with E-state index in [4.69, 9.17) is 4.74 Å². The maximum atomic E-state index is 12.8. The maximum absolute atomic E-state index is 12.8. The Bertz CT molecular complexity index is 1110. The molecule has 2 N–H and O–H groups in total. The predicted octanol–water partition coefficient (Wildman–Crippen LogP) is 5.35. The summed E-state index contributed by atoms with van der Waals surface area (Å²) < 4.78 is 5.60. The largest absolute Gasteiger partial charge is 0.479 e. The molecular weight excluding hydrogens is 402 g/mol. The first-order chi connectivity index (χ1) is 15.3. The number of amides is 1. The zero-order chi connectivity index (χ0) is 22.9. The molecule has 0 saturated carbocycles. The van der Waals surface area contributed by atoms with Gasteiger partial charge in [-0.25, -0.2) is 9.59 Å². The fourth-order valence-corrected chi connectivity index (χ4v) is 4.46. The summed E-state index contributed by atoms with van der Waals surface area (Å²) in [6.45, 7) is 5.26. The van der Waals surface area contributed by atoms with E-state index in [2.05, 4.69) is 17.4 Å². The molecular formula is C27H27NO4. The van der Waals surface area contributed by atoms with Crippen LogP contribution in [0.25, 0.3) is 11.1 Å². The molecule has 0 bridgehead atoms. The van der Waals surface area contributed by atoms with E-state index in [0.29, 0.717) is 0 Å². The van der Waals surface area contributed by atoms with Crippen molar-refractivity contribution >= 4 is 12.1 Å². The van der Waals surface area contributed by atoms with Crippen LogP contribution in [0.3, 0.4) is 0 Å². The summed E-state index contributed by atoms with van der Waals surface area (Å²) in [5.41, 5.74) is 2.83. The normalized spacial score (nSPS) is 14.7. The Hall–Kier alpha value is -3.60. The monoisotopic (exact) mass is 429 g/mol. The number of hydrogen-bond acceptors (Lipinski definition) is 3. The SMILES string of the molecule is CC(NC(=O)OCC1c2ccccc2-c2ccccc21)(C(=O)O)C(C)(C)c1ccccc1. The van der Waals surface area contributed by atoms with Crippen LogP contribution in [0.4, 0.5) is 4.79 Å². The zero-order valence-electron chi connectivity index (χ0n) is 18.5. The molecule has 5 heteroatoms. The molecule has 1 aliphatic carbocycles. The molecule has 0 saturated heterocycles. The summed E-state index contributed by atoms with van der Waals surface area (Å²) in [7, 11) is 0. The number of benzene rings is 3. The fraction of sp³-hybridized carbons (Fsp3) is 0.259. The van der Waals surface area contributed by atoms with E-state index in [1.807, 2.05) is 66.7 Å². The number of fused-ring (bicyclic) bond motifs is 3. The van der Waals surface area contributed by atoms with Crippen LogP contribution in [0.5, 0.6) is 0 Å². The Labute approximate surface area is 188 Å². The molecule has 0 radical (unpaired) electrons. The lowest BCUT2D eigenvalue weighted by molar-refractivity contribution is -0.146. The number of carboxylic acids is 1. The first-order valence-corrected chi connectivity index (χ1v) is 10.7. The Balaban J connectivity index is 1.54. The van der Waals surface area contributed by atoms with Crippen LogP contribution in [0, 0.1) is 0 Å². The smallest absolute Gasteiger partial charge is 0.408 e. The lowest BCUT2D eigenvalue weighted by Crippen LogP contribution is -2.63. The average molecular weight is 430 g/mol. The van der Waals surface area contributed by atoms with Crippen LogP contribution >= 0.6 is 0 Å². The third-order valence-electron chi connectivity index (χ3n) is 6.87. The highest BCUT2D eigenvalue weighted by molar-refractivity contribution is 5.86. The Morgan fingerprint density at radius 3 is 1.88 bits per heavy atom. The van der Waals surface area contributed by atoms with Crippen molar-refractivity contribution in [3.63, 3.8) is 0 Å². The van der Waals surface area contributed by atoms with Crippen molar-refractivity contribution in [3.05, 3.63) is 95.6 Å². The molecule has 0 aromatic heterocycles. The van der Waals surface area contributed by atoms with Gasteiger partial charge in [-0.15, -0.1) is 0 Å². The number of carboxylic acid groups (broad SMARTS) is 1. The Kier molecular flexibility index (Phi) is 5.51. The number of aliphatic carboxylic acids is 1. The standard InChI is InChI=1S/C27H27NO4/c1-26(2,18-11-5-4-6-12-18)27(3,24(29)30)28-25(31)32-17-23-21-15-9-7-13-19(21)20-14-8-10-16-22(20)23/h4-16,23H,17H2,1-3H3,(H,28,31)(H,29,30). The summed E-state index contributed by atoms with van der Waals surface area (Å²) >= 11 is 0. The van der Waals surface area contributed by atoms with Gasteiger partial charge >= 0.3 is 12.1 Å². The molecule has 4 rings (SSSR count). The summed E-state index contributed by atoms with van der Waals surface area (Å²) in [6, 6.07) is 25.5. The van der Waals surface area contributed by atoms with Crippen LogP contribution in [-0.4, -0.2) is 29.3 Å². The van der Waals surface area contributed by atoms with Gasteiger partial charge in [-0.2, -0.15) is 0 Å². The van der Waals surface area contributed by atoms with Gasteiger partial charge in [0.25, 0.3) is 0 Å². The molecule has 0 fully saturated rings. The van der Waals surface area contributed by atoms with Crippen LogP contribution < -0.4 is 5.32 Å². The molecule has 164 valence electrons. The van der Waals surface area contributed by atoms with Gasteiger partial charge in [-0.05, 0) is 34.7 Å². The second-order valence-electron chi connectivity index (χ2n) is 8.87. The van der Waals surface area contributed by atoms with Crippen molar-refractivity contribution in [1.82, 2.24) is 5.32 Å². The summed E-state index contributed by atoms with van der Waals surface area (Å²) in [5.74, 6) is -1.22. The second-order valence-corrected chi connectivity index (χ2v) is 8.87. The van der Waals surface area contributed by atoms with Crippen molar-refractivity contribution in [2.75, 3.05) is 6.61 Å². The molecule has 0 heterocycles. The number of rotatable bonds is 6. The van der Waals surface area contributed by atoms with E-state index >= 15 is 0 Å². The molecule has 3 aromatic rings. The number of ether oxygens (including phenoxy) is 1. The van der Waals surface area contributed by atoms with E-state index in [1.54, 1.807) is 13.8 Å². The van der Waals surface area contributed by atoms with Crippen molar-refractivity contribution < 1.29 is 19.4 Å². The first kappa shape index (κ1) is 21.6. The van der Waals surface area contributed by atoms with Gasteiger partial charge in [0.15, 0.2) is 0 Å². The van der Waals surface area contributed by atoms with E-state index in [1.165, 1.54) is 6.92 Å². The molecule has 0 spiro atoms. The van der Waals surface area contributed by atoms with Crippen LogP contribution in [-0.2, 0) is 14.9 Å². The molecule has 0 aliphatic heterocycles. The minimum absolute atomic E-state index is 0.0913. The average Bonchev–Trinajstić information content (AvgIpc) is 3.12. The highest BCUT2D eigenvalue weighted by Gasteiger charge is 2.50. The van der Waals surface area contributed by atoms with Crippen LogP contribution in [0.15, 0.2) is 78.9 Å². The predicted molar refractivity (Wildman–Crippen MR) is 124 cm³/mol. The fourth-order valence-electron chi connectivity index (χ4n) is 4.46. The first-order valence-electron chi connectivity index (χ1n) is 10.7. The molecule has 1 unspecified atom stereocenters. The molecule has 1 amide bonds. The summed E-state index contributed by atoms with van der Waals surface area (Å²) in [5, 5.41) is 12.7. The van der Waals surface area contributed by atoms with Gasteiger partial charge < -0.3 is 15.2 Å². The molecule has 5 nitrogen and oxygen atoms in total. The van der Waals surface area contributed by atoms with Gasteiger partial charge in [0.05, 0.1) is 0 Å². The van der Waals surface area contributed by atoms with Gasteiger partial charge in [0.1, 0.15) is 12.1 Å². The number of alkyl carbamates (subject to hydrolysis) is 1. The minimum atomic E-state index is -1.57. The van der Waals surface area contributed by atoms with Gasteiger partial charge in [0.2, 0.25) is 0 Å². The van der Waals surface area contributed by atoms with E-state index in [9.17, 15) is 14.7 Å². The van der Waals surface area contributed by atoms with Crippen LogP contribution in [0.1, 0.15) is 43.4 Å². The third kappa shape index (κ3) is 3.54. The van der Waals surface area contributed by atoms with Gasteiger partial charge in [0, 0.05) is 11.3 Å². The quantitative estimate of drug-likeness (QED) is 0.554. The number of carbonyl (C=O) groups is 2. The van der Waals surface area contributed by atoms with Crippen molar-refractivity contribution in [3.8, 4) is 11.1 Å². The maximum Gasteiger partial charge on any atom is 0.408 e. The Morgan fingerprint density at radius 1 is 0.844 bits per heavy atom. The number of nitrogens with one attached hydrogen (secondary N) is 1.